The minimum atomic E-state index is -3.70. The Balaban J connectivity index is 0.00000200. The van der Waals surface area contributed by atoms with Crippen molar-refractivity contribution in [2.24, 2.45) is 0 Å². The molecule has 192 valence electrons. The van der Waals surface area contributed by atoms with Crippen molar-refractivity contribution >= 4 is 60.8 Å². The highest BCUT2D eigenvalue weighted by Gasteiger charge is 2.22. The summed E-state index contributed by atoms with van der Waals surface area (Å²) in [5.41, 5.74) is 2.02. The normalized spacial score (nSPS) is 14.8. The minimum absolute atomic E-state index is 0. The van der Waals surface area contributed by atoms with Crippen molar-refractivity contribution in [3.8, 4) is 0 Å². The van der Waals surface area contributed by atoms with Crippen LogP contribution in [0.15, 0.2) is 66.0 Å². The largest absolute Gasteiger partial charge is 0.371 e. The summed E-state index contributed by atoms with van der Waals surface area (Å²) in [6.45, 7) is 2.17. The van der Waals surface area contributed by atoms with Crippen LogP contribution in [0.25, 0.3) is 10.9 Å². The van der Waals surface area contributed by atoms with Crippen molar-refractivity contribution < 1.29 is 16.1 Å². The van der Waals surface area contributed by atoms with Gasteiger partial charge in [-0.05, 0) is 61.4 Å². The van der Waals surface area contributed by atoms with Gasteiger partial charge in [-0.25, -0.2) is 13.4 Å². The van der Waals surface area contributed by atoms with Gasteiger partial charge in [0.05, 0.1) is 4.90 Å². The Morgan fingerprint density at radius 3 is 2.64 bits per heavy atom. The van der Waals surface area contributed by atoms with Gasteiger partial charge in [0.25, 0.3) is 10.0 Å². The summed E-state index contributed by atoms with van der Waals surface area (Å²) in [4.78, 5) is 18.8. The molecule has 2 aromatic carbocycles. The van der Waals surface area contributed by atoms with Gasteiger partial charge in [0, 0.05) is 74.3 Å². The maximum atomic E-state index is 12.6. The van der Waals surface area contributed by atoms with Gasteiger partial charge in [-0.2, -0.15) is 4.37 Å². The molecule has 0 bridgehead atoms. The van der Waals surface area contributed by atoms with Crippen molar-refractivity contribution in [1.29, 1.82) is 0 Å². The van der Waals surface area contributed by atoms with E-state index in [4.69, 9.17) is 11.6 Å². The van der Waals surface area contributed by atoms with Gasteiger partial charge in [-0.15, -0.1) is 0 Å². The van der Waals surface area contributed by atoms with Gasteiger partial charge in [0.1, 0.15) is 6.33 Å². The highest BCUT2D eigenvalue weighted by Crippen LogP contribution is 2.24. The standard InChI is InChI=1S/C24H25ClN6O3S2.2H2/c25-18-1-6-22-17(15-18)7-11-31(22)14-10-23(32)28-19-8-12-30(13-9-19)20-2-4-21(5-3-20)36(33,34)29-24-26-16-27-35-24;;/h1-7,11,15-16,19H,8-10,12-14H2,(H,28,32)(H,26,27,29);2*1H. The molecule has 1 fully saturated rings. The number of amides is 1. The van der Waals surface area contributed by atoms with E-state index in [1.807, 2.05) is 42.6 Å². The van der Waals surface area contributed by atoms with E-state index in [2.05, 4.69) is 28.9 Å². The van der Waals surface area contributed by atoms with Crippen molar-refractivity contribution in [2.75, 3.05) is 22.7 Å². The lowest BCUT2D eigenvalue weighted by Gasteiger charge is -2.34. The fourth-order valence-electron chi connectivity index (χ4n) is 4.40. The molecular weight excluding hydrogens is 520 g/mol. The molecule has 0 radical (unpaired) electrons. The van der Waals surface area contributed by atoms with Crippen LogP contribution in [0.2, 0.25) is 5.02 Å². The first kappa shape index (κ1) is 24.5. The van der Waals surface area contributed by atoms with E-state index in [9.17, 15) is 13.2 Å². The topological polar surface area (TPSA) is 109 Å². The summed E-state index contributed by atoms with van der Waals surface area (Å²) in [6.07, 6.45) is 5.35. The number of anilines is 2. The Bertz CT molecular complexity index is 1460. The molecule has 5 rings (SSSR count). The summed E-state index contributed by atoms with van der Waals surface area (Å²) < 4.78 is 33.3. The number of carbonyl (C=O) groups is 1. The molecule has 12 heteroatoms. The monoisotopic (exact) mass is 548 g/mol. The highest BCUT2D eigenvalue weighted by atomic mass is 35.5. The number of fused-ring (bicyclic) bond motifs is 1. The number of halogens is 1. The minimum Gasteiger partial charge on any atom is -0.371 e. The van der Waals surface area contributed by atoms with Crippen LogP contribution in [0.3, 0.4) is 0 Å². The first-order valence-corrected chi connectivity index (χ1v) is 14.2. The molecule has 0 atom stereocenters. The second-order valence-corrected chi connectivity index (χ2v) is 11.5. The summed E-state index contributed by atoms with van der Waals surface area (Å²) in [5, 5.41) is 5.16. The van der Waals surface area contributed by atoms with Crippen LogP contribution in [-0.2, 0) is 21.4 Å². The van der Waals surface area contributed by atoms with Gasteiger partial charge < -0.3 is 14.8 Å². The molecule has 1 saturated heterocycles. The number of carbonyl (C=O) groups excluding carboxylic acids is 1. The molecule has 1 amide bonds. The summed E-state index contributed by atoms with van der Waals surface area (Å²) in [6, 6.07) is 14.7. The van der Waals surface area contributed by atoms with Crippen LogP contribution in [0, 0.1) is 0 Å². The maximum Gasteiger partial charge on any atom is 0.263 e. The molecule has 0 saturated carbocycles. The predicted molar refractivity (Wildman–Crippen MR) is 146 cm³/mol. The number of benzene rings is 2. The second kappa shape index (κ2) is 10.5. The first-order valence-electron chi connectivity index (χ1n) is 11.6. The lowest BCUT2D eigenvalue weighted by atomic mass is 10.0. The Morgan fingerprint density at radius 2 is 1.92 bits per heavy atom. The zero-order valence-electron chi connectivity index (χ0n) is 19.3. The maximum absolute atomic E-state index is 12.6. The van der Waals surface area contributed by atoms with E-state index in [0.29, 0.717) is 18.0 Å². The van der Waals surface area contributed by atoms with Gasteiger partial charge in [0.15, 0.2) is 0 Å². The molecule has 1 aliphatic rings. The van der Waals surface area contributed by atoms with E-state index < -0.39 is 10.0 Å². The zero-order chi connectivity index (χ0) is 25.1. The summed E-state index contributed by atoms with van der Waals surface area (Å²) in [7, 11) is -3.70. The van der Waals surface area contributed by atoms with Crippen molar-refractivity contribution in [3.05, 3.63) is 66.1 Å². The molecule has 9 nitrogen and oxygen atoms in total. The molecule has 2 aromatic heterocycles. The van der Waals surface area contributed by atoms with Crippen LogP contribution in [0.1, 0.15) is 22.1 Å². The lowest BCUT2D eigenvalue weighted by molar-refractivity contribution is -0.122. The summed E-state index contributed by atoms with van der Waals surface area (Å²) in [5.74, 6) is 0.0433. The van der Waals surface area contributed by atoms with Crippen molar-refractivity contribution in [1.82, 2.24) is 19.2 Å². The number of nitrogens with zero attached hydrogens (tertiary/aromatic N) is 4. The van der Waals surface area contributed by atoms with Crippen molar-refractivity contribution in [3.63, 3.8) is 0 Å². The second-order valence-electron chi connectivity index (χ2n) is 8.64. The third kappa shape index (κ3) is 5.63. The molecular formula is C24H29ClN6O3S2. The van der Waals surface area contributed by atoms with Gasteiger partial charge >= 0.3 is 0 Å². The van der Waals surface area contributed by atoms with E-state index in [0.717, 1.165) is 54.1 Å². The Hall–Kier alpha value is -3.15. The molecule has 4 aromatic rings. The third-order valence-electron chi connectivity index (χ3n) is 6.27. The van der Waals surface area contributed by atoms with Crippen molar-refractivity contribution in [2.45, 2.75) is 36.7 Å². The summed E-state index contributed by atoms with van der Waals surface area (Å²) >= 11 is 7.04. The van der Waals surface area contributed by atoms with Crippen LogP contribution >= 0.6 is 23.1 Å². The predicted octanol–water partition coefficient (Wildman–Crippen LogP) is 4.61. The number of aromatic nitrogens is 3. The fraction of sp³-hybridized carbons (Fsp3) is 0.292. The number of sulfonamides is 1. The highest BCUT2D eigenvalue weighted by molar-refractivity contribution is 7.93. The average Bonchev–Trinajstić information content (AvgIpc) is 3.52. The molecule has 0 spiro atoms. The number of hydrogen-bond acceptors (Lipinski definition) is 7. The van der Waals surface area contributed by atoms with Crippen LogP contribution in [0.5, 0.6) is 0 Å². The Kier molecular flexibility index (Phi) is 7.13. The van der Waals surface area contributed by atoms with Crippen LogP contribution in [-0.4, -0.2) is 47.4 Å². The quantitative estimate of drug-likeness (QED) is 0.333. The van der Waals surface area contributed by atoms with Gasteiger partial charge in [-0.3, -0.25) is 9.52 Å². The number of rotatable bonds is 8. The van der Waals surface area contributed by atoms with E-state index >= 15 is 0 Å². The van der Waals surface area contributed by atoms with E-state index in [-0.39, 0.29) is 24.8 Å². The van der Waals surface area contributed by atoms with E-state index in [1.54, 1.807) is 12.1 Å². The van der Waals surface area contributed by atoms with E-state index in [1.165, 1.54) is 6.33 Å². The van der Waals surface area contributed by atoms with Gasteiger partial charge in [0.2, 0.25) is 11.0 Å². The molecule has 2 N–H and O–H groups in total. The smallest absolute Gasteiger partial charge is 0.263 e. The third-order valence-corrected chi connectivity index (χ3v) is 8.57. The average molecular weight is 549 g/mol. The first-order chi connectivity index (χ1) is 17.4. The van der Waals surface area contributed by atoms with Crippen LogP contribution in [0.4, 0.5) is 10.8 Å². The molecule has 3 heterocycles. The Labute approximate surface area is 221 Å². The van der Waals surface area contributed by atoms with Crippen LogP contribution < -0.4 is 14.9 Å². The molecule has 1 aliphatic heterocycles. The number of nitrogens with one attached hydrogen (secondary N) is 2. The number of hydrogen-bond donors (Lipinski definition) is 2. The van der Waals surface area contributed by atoms with Gasteiger partial charge in [-0.1, -0.05) is 11.6 Å². The SMILES string of the molecule is O=C(CCn1ccc2cc(Cl)ccc21)NC1CCN(c2ccc(S(=O)(=O)Nc3ncns3)cc2)CC1.[HH].[HH]. The Morgan fingerprint density at radius 1 is 1.14 bits per heavy atom. The number of piperidine rings is 1. The zero-order valence-corrected chi connectivity index (χ0v) is 21.7. The molecule has 0 unspecified atom stereocenters. The lowest BCUT2D eigenvalue weighted by Crippen LogP contribution is -2.44. The number of aryl methyl sites for hydroxylation is 1. The molecule has 36 heavy (non-hydrogen) atoms. The molecule has 0 aliphatic carbocycles. The fourth-order valence-corrected chi connectivity index (χ4v) is 6.24.